The minimum absolute atomic E-state index is 0.0835. The lowest BCUT2D eigenvalue weighted by atomic mass is 9.93. The molecular formula is C13H19NO4. The minimum Gasteiger partial charge on any atom is -0.444 e. The van der Waals surface area contributed by atoms with Gasteiger partial charge in [0.25, 0.3) is 0 Å². The molecule has 2 aliphatic carbocycles. The van der Waals surface area contributed by atoms with Gasteiger partial charge in [0.2, 0.25) is 0 Å². The van der Waals surface area contributed by atoms with Crippen molar-refractivity contribution in [2.75, 3.05) is 0 Å². The molecule has 5 heteroatoms. The van der Waals surface area contributed by atoms with Gasteiger partial charge in [-0.15, -0.1) is 0 Å². The topological polar surface area (TPSA) is 66.8 Å². The molecule has 2 aliphatic heterocycles. The number of piperidine rings is 2. The van der Waals surface area contributed by atoms with Crippen molar-refractivity contribution in [2.24, 2.45) is 11.8 Å². The summed E-state index contributed by atoms with van der Waals surface area (Å²) in [4.78, 5) is 24.5. The highest BCUT2D eigenvalue weighted by atomic mass is 16.6. The number of amides is 1. The molecule has 2 unspecified atom stereocenters. The summed E-state index contributed by atoms with van der Waals surface area (Å²) in [5.74, 6) is 0.452. The first-order valence-corrected chi connectivity index (χ1v) is 6.47. The maximum Gasteiger partial charge on any atom is 0.410 e. The summed E-state index contributed by atoms with van der Waals surface area (Å²) in [5, 5.41) is 10.5. The van der Waals surface area contributed by atoms with E-state index in [0.717, 1.165) is 12.7 Å². The van der Waals surface area contributed by atoms with E-state index >= 15 is 0 Å². The first-order chi connectivity index (χ1) is 8.29. The predicted octanol–water partition coefficient (Wildman–Crippen LogP) is 0.944. The summed E-state index contributed by atoms with van der Waals surface area (Å²) >= 11 is 0. The Kier molecular flexibility index (Phi) is 2.17. The SMILES string of the molecule is CC(C)(C)OC(=O)N1[C@H]2C3C[C@@H]1[C@](O)(CC=O)C32. The molecule has 0 aromatic heterocycles. The Labute approximate surface area is 106 Å². The smallest absolute Gasteiger partial charge is 0.410 e. The molecule has 2 saturated heterocycles. The Morgan fingerprint density at radius 1 is 1.56 bits per heavy atom. The Bertz CT molecular complexity index is 416. The number of carbonyl (C=O) groups excluding carboxylic acids is 2. The monoisotopic (exact) mass is 253 g/mol. The quantitative estimate of drug-likeness (QED) is 0.744. The second kappa shape index (κ2) is 3.26. The number of aliphatic hydroxyl groups is 1. The van der Waals surface area contributed by atoms with E-state index in [2.05, 4.69) is 0 Å². The standard InChI is InChI=1S/C13H19NO4/c1-12(2,3)18-11(16)14-8-6-7-9(10(7)14)13(8,17)4-5-15/h5,7-10,17H,4,6H2,1-3H3/t7?,8-,9?,10+,13-/m1/s1. The number of ether oxygens (including phenoxy) is 1. The number of hydrogen-bond acceptors (Lipinski definition) is 4. The van der Waals surface area contributed by atoms with E-state index in [1.54, 1.807) is 4.90 Å². The third kappa shape index (κ3) is 1.37. The van der Waals surface area contributed by atoms with Gasteiger partial charge in [-0.3, -0.25) is 4.90 Å². The minimum atomic E-state index is -1.01. The van der Waals surface area contributed by atoms with Gasteiger partial charge in [0.05, 0.1) is 11.6 Å². The largest absolute Gasteiger partial charge is 0.444 e. The summed E-state index contributed by atoms with van der Waals surface area (Å²) in [6.07, 6.45) is 1.32. The van der Waals surface area contributed by atoms with Crippen molar-refractivity contribution in [2.45, 2.75) is 56.9 Å². The van der Waals surface area contributed by atoms with Gasteiger partial charge in [-0.1, -0.05) is 0 Å². The summed E-state index contributed by atoms with van der Waals surface area (Å²) < 4.78 is 5.37. The summed E-state index contributed by atoms with van der Waals surface area (Å²) in [5.41, 5.74) is -1.54. The van der Waals surface area contributed by atoms with Gasteiger partial charge < -0.3 is 14.6 Å². The van der Waals surface area contributed by atoms with Gasteiger partial charge in [-0.2, -0.15) is 0 Å². The highest BCUT2D eigenvalue weighted by Crippen LogP contribution is 2.69. The molecule has 5 atom stereocenters. The number of hydrogen-bond donors (Lipinski definition) is 1. The number of carbonyl (C=O) groups is 2. The molecule has 0 aromatic rings. The molecule has 4 bridgehead atoms. The van der Waals surface area contributed by atoms with Gasteiger partial charge in [0.1, 0.15) is 11.9 Å². The fraction of sp³-hybridized carbons (Fsp3) is 0.846. The van der Waals surface area contributed by atoms with Crippen LogP contribution in [0.25, 0.3) is 0 Å². The lowest BCUT2D eigenvalue weighted by molar-refractivity contribution is -0.113. The Balaban J connectivity index is 1.78. The van der Waals surface area contributed by atoms with Gasteiger partial charge in [0.15, 0.2) is 0 Å². The summed E-state index contributed by atoms with van der Waals surface area (Å²) in [6, 6.07) is -0.146. The molecule has 100 valence electrons. The van der Waals surface area contributed by atoms with E-state index in [-0.39, 0.29) is 30.5 Å². The lowest BCUT2D eigenvalue weighted by Gasteiger charge is -2.31. The maximum atomic E-state index is 12.1. The summed E-state index contributed by atoms with van der Waals surface area (Å²) in [6.45, 7) is 5.48. The van der Waals surface area contributed by atoms with E-state index in [1.165, 1.54) is 0 Å². The van der Waals surface area contributed by atoms with Crippen LogP contribution in [-0.2, 0) is 9.53 Å². The fourth-order valence-electron chi connectivity index (χ4n) is 3.90. The van der Waals surface area contributed by atoms with Crippen molar-refractivity contribution in [1.29, 1.82) is 0 Å². The molecule has 4 aliphatic rings. The normalized spacial score (nSPS) is 44.1. The molecule has 4 fully saturated rings. The molecule has 2 heterocycles. The van der Waals surface area contributed by atoms with Crippen LogP contribution < -0.4 is 0 Å². The third-order valence-corrected chi connectivity index (χ3v) is 4.45. The van der Waals surface area contributed by atoms with E-state index in [4.69, 9.17) is 4.74 Å². The zero-order valence-electron chi connectivity index (χ0n) is 10.9. The zero-order chi connectivity index (χ0) is 13.3. The van der Waals surface area contributed by atoms with E-state index in [9.17, 15) is 14.7 Å². The van der Waals surface area contributed by atoms with Crippen molar-refractivity contribution in [3.05, 3.63) is 0 Å². The number of nitrogens with zero attached hydrogens (tertiary/aromatic N) is 1. The van der Waals surface area contributed by atoms with Crippen LogP contribution >= 0.6 is 0 Å². The Hall–Kier alpha value is -1.10. The van der Waals surface area contributed by atoms with Crippen molar-refractivity contribution < 1.29 is 19.4 Å². The van der Waals surface area contributed by atoms with E-state index in [0.29, 0.717) is 5.92 Å². The number of rotatable bonds is 2. The molecular weight excluding hydrogens is 234 g/mol. The summed E-state index contributed by atoms with van der Waals surface area (Å²) in [7, 11) is 0. The fourth-order valence-corrected chi connectivity index (χ4v) is 3.90. The average Bonchev–Trinajstić information content (AvgIpc) is 2.56. The highest BCUT2D eigenvalue weighted by molar-refractivity contribution is 5.73. The van der Waals surface area contributed by atoms with E-state index in [1.807, 2.05) is 20.8 Å². The van der Waals surface area contributed by atoms with Crippen molar-refractivity contribution in [1.82, 2.24) is 4.90 Å². The van der Waals surface area contributed by atoms with Crippen molar-refractivity contribution >= 4 is 12.4 Å². The van der Waals surface area contributed by atoms with Crippen molar-refractivity contribution in [3.8, 4) is 0 Å². The average molecular weight is 253 g/mol. The van der Waals surface area contributed by atoms with Crippen LogP contribution in [0.15, 0.2) is 0 Å². The van der Waals surface area contributed by atoms with Crippen LogP contribution in [0.3, 0.4) is 0 Å². The van der Waals surface area contributed by atoms with Gasteiger partial charge in [0, 0.05) is 18.4 Å². The Morgan fingerprint density at radius 2 is 2.22 bits per heavy atom. The predicted molar refractivity (Wildman–Crippen MR) is 62.9 cm³/mol. The lowest BCUT2D eigenvalue weighted by Crippen LogP contribution is -2.47. The molecule has 1 N–H and O–H groups in total. The van der Waals surface area contributed by atoms with Gasteiger partial charge in [-0.05, 0) is 33.1 Å². The van der Waals surface area contributed by atoms with Crippen LogP contribution in [0.5, 0.6) is 0 Å². The third-order valence-electron chi connectivity index (χ3n) is 4.45. The van der Waals surface area contributed by atoms with Gasteiger partial charge in [-0.25, -0.2) is 4.79 Å². The second-order valence-electron chi connectivity index (χ2n) is 6.68. The first kappa shape index (κ1) is 12.0. The maximum absolute atomic E-state index is 12.1. The molecule has 0 radical (unpaired) electrons. The molecule has 18 heavy (non-hydrogen) atoms. The van der Waals surface area contributed by atoms with Crippen LogP contribution in [0.1, 0.15) is 33.6 Å². The van der Waals surface area contributed by atoms with Crippen LogP contribution in [0.2, 0.25) is 0 Å². The highest BCUT2D eigenvalue weighted by Gasteiger charge is 2.80. The van der Waals surface area contributed by atoms with Crippen LogP contribution in [-0.4, -0.2) is 45.7 Å². The zero-order valence-corrected chi connectivity index (χ0v) is 10.9. The van der Waals surface area contributed by atoms with Gasteiger partial charge >= 0.3 is 6.09 Å². The molecule has 2 saturated carbocycles. The first-order valence-electron chi connectivity index (χ1n) is 6.47. The second-order valence-corrected chi connectivity index (χ2v) is 6.68. The molecule has 0 spiro atoms. The molecule has 4 rings (SSSR count). The number of aldehydes is 1. The van der Waals surface area contributed by atoms with Crippen molar-refractivity contribution in [3.63, 3.8) is 0 Å². The molecule has 1 amide bonds. The van der Waals surface area contributed by atoms with Crippen LogP contribution in [0.4, 0.5) is 4.79 Å². The van der Waals surface area contributed by atoms with E-state index < -0.39 is 11.2 Å². The Morgan fingerprint density at radius 3 is 2.72 bits per heavy atom. The molecule has 5 nitrogen and oxygen atoms in total. The van der Waals surface area contributed by atoms with Crippen LogP contribution in [0, 0.1) is 11.8 Å². The molecule has 0 aromatic carbocycles.